The Morgan fingerprint density at radius 1 is 1.19 bits per heavy atom. The second kappa shape index (κ2) is 10.1. The van der Waals surface area contributed by atoms with Gasteiger partial charge in [0.05, 0.1) is 17.8 Å². The van der Waals surface area contributed by atoms with Gasteiger partial charge in [0.2, 0.25) is 0 Å². The molecule has 9 nitrogen and oxygen atoms in total. The highest BCUT2D eigenvalue weighted by molar-refractivity contribution is 6.04. The number of nitrogens with zero attached hydrogens (tertiary/aromatic N) is 4. The maximum absolute atomic E-state index is 13.9. The molecule has 2 saturated heterocycles. The van der Waals surface area contributed by atoms with Crippen LogP contribution in [0.2, 0.25) is 0 Å². The summed E-state index contributed by atoms with van der Waals surface area (Å²) < 4.78 is 19.1. The molecule has 1 aromatic carbocycles. The number of aromatic nitrogens is 2. The highest BCUT2D eigenvalue weighted by atomic mass is 19.1. The zero-order valence-corrected chi connectivity index (χ0v) is 22.1. The molecule has 3 aliphatic heterocycles. The molecule has 4 heterocycles. The molecule has 3 amide bonds. The maximum Gasteiger partial charge on any atom is 0.321 e. The number of amides is 3. The van der Waals surface area contributed by atoms with Crippen LogP contribution in [-0.2, 0) is 16.8 Å². The van der Waals surface area contributed by atoms with Gasteiger partial charge in [-0.1, -0.05) is 6.07 Å². The van der Waals surface area contributed by atoms with Gasteiger partial charge in [0.15, 0.2) is 5.82 Å². The van der Waals surface area contributed by atoms with E-state index in [1.165, 1.54) is 18.2 Å². The summed E-state index contributed by atoms with van der Waals surface area (Å²) in [4.78, 5) is 32.9. The van der Waals surface area contributed by atoms with Crippen molar-refractivity contribution in [2.45, 2.75) is 64.7 Å². The maximum atomic E-state index is 13.9. The lowest BCUT2D eigenvalue weighted by Crippen LogP contribution is -2.62. The van der Waals surface area contributed by atoms with Crippen molar-refractivity contribution in [3.8, 4) is 0 Å². The number of piperazine rings is 1. The molecule has 0 unspecified atom stereocenters. The highest BCUT2D eigenvalue weighted by Gasteiger charge is 2.47. The molecule has 10 heteroatoms. The second-order valence-corrected chi connectivity index (χ2v) is 11.2. The van der Waals surface area contributed by atoms with E-state index < -0.39 is 17.3 Å². The molecule has 1 aromatic heterocycles. The molecule has 0 radical (unpaired) electrons. The average molecular weight is 513 g/mol. The Kier molecular flexibility index (Phi) is 6.97. The fourth-order valence-corrected chi connectivity index (χ4v) is 5.87. The van der Waals surface area contributed by atoms with Gasteiger partial charge >= 0.3 is 6.03 Å². The van der Waals surface area contributed by atoms with Gasteiger partial charge in [-0.3, -0.25) is 14.8 Å². The zero-order chi connectivity index (χ0) is 26.3. The van der Waals surface area contributed by atoms with Crippen molar-refractivity contribution in [3.05, 3.63) is 46.9 Å². The Bertz CT molecular complexity index is 1160. The predicted molar refractivity (Wildman–Crippen MR) is 138 cm³/mol. The van der Waals surface area contributed by atoms with Crippen molar-refractivity contribution in [1.82, 2.24) is 24.9 Å². The third kappa shape index (κ3) is 4.96. The van der Waals surface area contributed by atoms with Crippen LogP contribution in [0.1, 0.15) is 62.2 Å². The van der Waals surface area contributed by atoms with Gasteiger partial charge in [0.25, 0.3) is 5.91 Å². The van der Waals surface area contributed by atoms with E-state index in [4.69, 9.17) is 4.74 Å². The molecule has 0 saturated carbocycles. The lowest BCUT2D eigenvalue weighted by molar-refractivity contribution is 0.00882. The summed E-state index contributed by atoms with van der Waals surface area (Å²) in [6, 6.07) is 5.87. The number of nitrogens with one attached hydrogen (secondary N) is 2. The Morgan fingerprint density at radius 3 is 2.68 bits per heavy atom. The lowest BCUT2D eigenvalue weighted by Gasteiger charge is -2.47. The number of aromatic amines is 1. The van der Waals surface area contributed by atoms with Crippen LogP contribution in [0.5, 0.6) is 0 Å². The van der Waals surface area contributed by atoms with Crippen LogP contribution >= 0.6 is 0 Å². The SMILES string of the molecule is C[C@@H]1CN(C(=O)N2Cc3c(NC(=O)c4cccc(F)c4)n[nH]c3C2(C)C)[C@@H](C)CN1CC1CCOCC1. The van der Waals surface area contributed by atoms with Crippen LogP contribution in [-0.4, -0.2) is 81.8 Å². The number of halogens is 1. The molecule has 0 spiro atoms. The minimum Gasteiger partial charge on any atom is -0.381 e. The third-order valence-corrected chi connectivity index (χ3v) is 8.21. The molecular formula is C27H37FN6O3. The molecule has 37 heavy (non-hydrogen) atoms. The van der Waals surface area contributed by atoms with E-state index in [1.54, 1.807) is 6.07 Å². The Hall–Kier alpha value is -2.98. The summed E-state index contributed by atoms with van der Waals surface area (Å²) in [5, 5.41) is 10.1. The molecule has 200 valence electrons. The van der Waals surface area contributed by atoms with E-state index in [0.717, 1.165) is 50.4 Å². The van der Waals surface area contributed by atoms with Gasteiger partial charge in [0.1, 0.15) is 5.82 Å². The van der Waals surface area contributed by atoms with Crippen molar-refractivity contribution in [3.63, 3.8) is 0 Å². The fourth-order valence-electron chi connectivity index (χ4n) is 5.87. The summed E-state index contributed by atoms with van der Waals surface area (Å²) in [6.45, 7) is 12.9. The van der Waals surface area contributed by atoms with Crippen LogP contribution in [0.15, 0.2) is 24.3 Å². The molecule has 2 aromatic rings. The molecule has 2 N–H and O–H groups in total. The first-order valence-electron chi connectivity index (χ1n) is 13.2. The number of fused-ring (bicyclic) bond motifs is 1. The van der Waals surface area contributed by atoms with Crippen molar-refractivity contribution in [1.29, 1.82) is 0 Å². The fraction of sp³-hybridized carbons (Fsp3) is 0.593. The van der Waals surface area contributed by atoms with Crippen LogP contribution in [0.25, 0.3) is 0 Å². The second-order valence-electron chi connectivity index (χ2n) is 11.2. The number of carbonyl (C=O) groups is 2. The van der Waals surface area contributed by atoms with E-state index >= 15 is 0 Å². The monoisotopic (exact) mass is 512 g/mol. The van der Waals surface area contributed by atoms with Gasteiger partial charge in [-0.25, -0.2) is 9.18 Å². The first-order valence-corrected chi connectivity index (χ1v) is 13.2. The number of anilines is 1. The summed E-state index contributed by atoms with van der Waals surface area (Å²) in [5.41, 5.74) is 1.17. The van der Waals surface area contributed by atoms with Crippen LogP contribution in [0.4, 0.5) is 15.0 Å². The van der Waals surface area contributed by atoms with Gasteiger partial charge in [-0.05, 0) is 64.7 Å². The molecule has 3 aliphatic rings. The van der Waals surface area contributed by atoms with E-state index in [-0.39, 0.29) is 23.7 Å². The largest absolute Gasteiger partial charge is 0.381 e. The minimum absolute atomic E-state index is 0.0120. The number of benzene rings is 1. The van der Waals surface area contributed by atoms with Crippen molar-refractivity contribution >= 4 is 17.8 Å². The van der Waals surface area contributed by atoms with E-state index in [9.17, 15) is 14.0 Å². The predicted octanol–water partition coefficient (Wildman–Crippen LogP) is 3.79. The van der Waals surface area contributed by atoms with Gasteiger partial charge < -0.3 is 19.9 Å². The number of urea groups is 1. The normalized spacial score (nSPS) is 24.2. The van der Waals surface area contributed by atoms with Gasteiger partial charge in [0, 0.05) is 56.1 Å². The molecule has 5 rings (SSSR count). The van der Waals surface area contributed by atoms with Crippen LogP contribution in [0, 0.1) is 11.7 Å². The quantitative estimate of drug-likeness (QED) is 0.650. The summed E-state index contributed by atoms with van der Waals surface area (Å²) in [7, 11) is 0. The smallest absolute Gasteiger partial charge is 0.321 e. The molecule has 0 bridgehead atoms. The van der Waals surface area contributed by atoms with Crippen molar-refractivity contribution < 1.29 is 18.7 Å². The van der Waals surface area contributed by atoms with Gasteiger partial charge in [-0.2, -0.15) is 5.10 Å². The van der Waals surface area contributed by atoms with Crippen LogP contribution in [0.3, 0.4) is 0 Å². The number of rotatable bonds is 4. The van der Waals surface area contributed by atoms with Crippen LogP contribution < -0.4 is 5.32 Å². The Morgan fingerprint density at radius 2 is 1.95 bits per heavy atom. The average Bonchev–Trinajstić information content (AvgIpc) is 3.39. The molecule has 2 atom stereocenters. The summed E-state index contributed by atoms with van der Waals surface area (Å²) in [6.07, 6.45) is 2.21. The summed E-state index contributed by atoms with van der Waals surface area (Å²) >= 11 is 0. The third-order valence-electron chi connectivity index (χ3n) is 8.21. The van der Waals surface area contributed by atoms with E-state index in [0.29, 0.717) is 24.8 Å². The van der Waals surface area contributed by atoms with Crippen molar-refractivity contribution in [2.24, 2.45) is 5.92 Å². The number of ether oxygens (including phenoxy) is 1. The van der Waals surface area contributed by atoms with Crippen molar-refractivity contribution in [2.75, 3.05) is 38.2 Å². The van der Waals surface area contributed by atoms with Gasteiger partial charge in [-0.15, -0.1) is 0 Å². The topological polar surface area (TPSA) is 93.8 Å². The number of carbonyl (C=O) groups excluding carboxylic acids is 2. The standard InChI is InChI=1S/C27H37FN6O3/c1-17-14-33(18(2)13-32(17)15-19-8-10-37-11-9-19)26(36)34-16-22-23(27(34,3)4)30-31-24(22)29-25(35)20-6-5-7-21(28)12-20/h5-7,12,17-19H,8-11,13-16H2,1-4H3,(H2,29,30,31,35)/t17-,18+/m1/s1. The number of hydrogen-bond donors (Lipinski definition) is 2. The summed E-state index contributed by atoms with van der Waals surface area (Å²) in [5.74, 6) is 0.102. The first-order chi connectivity index (χ1) is 17.6. The number of hydrogen-bond acceptors (Lipinski definition) is 5. The Balaban J connectivity index is 1.27. The molecule has 0 aliphatic carbocycles. The highest BCUT2D eigenvalue weighted by Crippen LogP contribution is 2.41. The molecule has 2 fully saturated rings. The Labute approximate surface area is 217 Å². The molecular weight excluding hydrogens is 475 g/mol. The van der Waals surface area contributed by atoms with E-state index in [1.807, 2.05) is 23.6 Å². The zero-order valence-electron chi connectivity index (χ0n) is 22.1. The van der Waals surface area contributed by atoms with E-state index in [2.05, 4.69) is 34.3 Å². The lowest BCUT2D eigenvalue weighted by atomic mass is 9.97. The number of H-pyrrole nitrogens is 1. The minimum atomic E-state index is -0.622. The first kappa shape index (κ1) is 25.7.